The summed E-state index contributed by atoms with van der Waals surface area (Å²) in [5.74, 6) is 2.93. The van der Waals surface area contributed by atoms with Gasteiger partial charge in [0.25, 0.3) is 0 Å². The number of fused-ring (bicyclic) bond motifs is 5. The molecule has 3 heteroatoms. The van der Waals surface area contributed by atoms with Crippen LogP contribution in [0.25, 0.3) is 0 Å². The molecule has 2 saturated carbocycles. The Labute approximate surface area is 138 Å². The molecule has 2 fully saturated rings. The molecule has 0 saturated heterocycles. The molecular weight excluding hydrogens is 288 g/mol. The first-order valence-electron chi connectivity index (χ1n) is 8.89. The molecule has 0 aliphatic heterocycles. The number of hydrogen-bond donors (Lipinski definition) is 1. The number of aliphatic hydroxyl groups excluding tert-OH is 1. The fourth-order valence-corrected chi connectivity index (χ4v) is 5.91. The van der Waals surface area contributed by atoms with Crippen LogP contribution in [0.3, 0.4) is 0 Å². The zero-order valence-corrected chi connectivity index (χ0v) is 14.0. The Morgan fingerprint density at radius 2 is 2.17 bits per heavy atom. The van der Waals surface area contributed by atoms with E-state index in [1.54, 1.807) is 7.11 Å². The van der Waals surface area contributed by atoms with Gasteiger partial charge < -0.3 is 9.84 Å². The second kappa shape index (κ2) is 5.34. The van der Waals surface area contributed by atoms with Crippen molar-refractivity contribution in [1.29, 1.82) is 0 Å². The van der Waals surface area contributed by atoms with Crippen LogP contribution in [-0.2, 0) is 11.2 Å². The van der Waals surface area contributed by atoms with Crippen LogP contribution in [0.5, 0.6) is 5.75 Å². The minimum absolute atomic E-state index is 0.157. The normalized spacial score (nSPS) is 38.7. The minimum atomic E-state index is -0.196. The molecular formula is C20H26O3. The Balaban J connectivity index is 1.72. The van der Waals surface area contributed by atoms with Gasteiger partial charge in [-0.25, -0.2) is 0 Å². The minimum Gasteiger partial charge on any atom is -0.497 e. The van der Waals surface area contributed by atoms with Gasteiger partial charge in [-0.1, -0.05) is 13.0 Å². The van der Waals surface area contributed by atoms with Gasteiger partial charge in [-0.05, 0) is 72.6 Å². The highest BCUT2D eigenvalue weighted by Crippen LogP contribution is 2.61. The van der Waals surface area contributed by atoms with E-state index in [9.17, 15) is 9.90 Å². The lowest BCUT2D eigenvalue weighted by atomic mass is 9.54. The van der Waals surface area contributed by atoms with E-state index in [-0.39, 0.29) is 17.9 Å². The van der Waals surface area contributed by atoms with Crippen LogP contribution < -0.4 is 4.74 Å². The molecule has 23 heavy (non-hydrogen) atoms. The maximum absolute atomic E-state index is 12.6. The zero-order valence-electron chi connectivity index (χ0n) is 14.0. The Hall–Kier alpha value is -1.35. The van der Waals surface area contributed by atoms with Crippen molar-refractivity contribution in [1.82, 2.24) is 0 Å². The van der Waals surface area contributed by atoms with Gasteiger partial charge in [0.05, 0.1) is 7.11 Å². The van der Waals surface area contributed by atoms with Crippen molar-refractivity contribution in [3.63, 3.8) is 0 Å². The van der Waals surface area contributed by atoms with Crippen molar-refractivity contribution in [2.75, 3.05) is 13.7 Å². The predicted octanol–water partition coefficient (Wildman–Crippen LogP) is 3.34. The first kappa shape index (κ1) is 15.2. The average Bonchev–Trinajstić information content (AvgIpc) is 2.85. The summed E-state index contributed by atoms with van der Waals surface area (Å²) in [7, 11) is 1.72. The molecule has 1 aromatic carbocycles. The molecule has 1 N–H and O–H groups in total. The number of ketones is 1. The second-order valence-corrected chi connectivity index (χ2v) is 7.93. The van der Waals surface area contributed by atoms with Crippen LogP contribution in [0.15, 0.2) is 18.2 Å². The number of benzene rings is 1. The van der Waals surface area contributed by atoms with E-state index in [4.69, 9.17) is 4.74 Å². The van der Waals surface area contributed by atoms with Crippen LogP contribution in [0, 0.1) is 23.2 Å². The monoisotopic (exact) mass is 314 g/mol. The smallest absolute Gasteiger partial charge is 0.139 e. The van der Waals surface area contributed by atoms with Crippen molar-refractivity contribution in [2.45, 2.75) is 44.9 Å². The summed E-state index contributed by atoms with van der Waals surface area (Å²) in [6.45, 7) is 2.32. The number of carbonyl (C=O) groups excluding carboxylic acids is 1. The van der Waals surface area contributed by atoms with Crippen LogP contribution in [0.1, 0.15) is 49.7 Å². The average molecular weight is 314 g/mol. The number of aryl methyl sites for hydroxylation is 1. The van der Waals surface area contributed by atoms with Crippen molar-refractivity contribution >= 4 is 5.78 Å². The van der Waals surface area contributed by atoms with Gasteiger partial charge >= 0.3 is 0 Å². The second-order valence-electron chi connectivity index (χ2n) is 7.93. The van der Waals surface area contributed by atoms with Crippen LogP contribution in [0.2, 0.25) is 0 Å². The molecule has 0 radical (unpaired) electrons. The predicted molar refractivity (Wildman–Crippen MR) is 88.6 cm³/mol. The Kier molecular flexibility index (Phi) is 3.53. The lowest BCUT2D eigenvalue weighted by Gasteiger charge is -2.49. The van der Waals surface area contributed by atoms with Crippen molar-refractivity contribution in [3.8, 4) is 5.75 Å². The van der Waals surface area contributed by atoms with Crippen molar-refractivity contribution < 1.29 is 14.6 Å². The van der Waals surface area contributed by atoms with E-state index in [1.807, 2.05) is 0 Å². The third-order valence-electron chi connectivity index (χ3n) is 7.01. The van der Waals surface area contributed by atoms with Gasteiger partial charge in [-0.2, -0.15) is 0 Å². The number of carbonyl (C=O) groups is 1. The first-order chi connectivity index (χ1) is 11.1. The summed E-state index contributed by atoms with van der Waals surface area (Å²) in [5.41, 5.74) is 2.68. The maximum atomic E-state index is 12.6. The number of hydrogen-bond acceptors (Lipinski definition) is 3. The molecule has 0 amide bonds. The SMILES string of the molecule is COc1ccc2c(c1)CC[C@H]1[C@@H]3[C@@H](CO)CC(=O)[C@@]3(C)CC[C@H]21. The van der Waals surface area contributed by atoms with Gasteiger partial charge in [0.1, 0.15) is 11.5 Å². The Morgan fingerprint density at radius 3 is 2.91 bits per heavy atom. The highest BCUT2D eigenvalue weighted by Gasteiger charge is 2.58. The third-order valence-corrected chi connectivity index (χ3v) is 7.01. The summed E-state index contributed by atoms with van der Waals surface area (Å²) < 4.78 is 5.37. The van der Waals surface area contributed by atoms with Crippen LogP contribution in [0.4, 0.5) is 0 Å². The summed E-state index contributed by atoms with van der Waals surface area (Å²) >= 11 is 0. The lowest BCUT2D eigenvalue weighted by Crippen LogP contribution is -2.44. The Morgan fingerprint density at radius 1 is 1.35 bits per heavy atom. The summed E-state index contributed by atoms with van der Waals surface area (Å²) in [4.78, 5) is 12.6. The molecule has 124 valence electrons. The Bertz CT molecular complexity index is 638. The topological polar surface area (TPSA) is 46.5 Å². The fourth-order valence-electron chi connectivity index (χ4n) is 5.91. The first-order valence-corrected chi connectivity index (χ1v) is 8.89. The van der Waals surface area contributed by atoms with Crippen molar-refractivity contribution in [2.24, 2.45) is 23.2 Å². The molecule has 3 aliphatic rings. The summed E-state index contributed by atoms with van der Waals surface area (Å²) in [5, 5.41) is 9.82. The molecule has 0 aromatic heterocycles. The van der Waals surface area contributed by atoms with E-state index < -0.39 is 0 Å². The highest BCUT2D eigenvalue weighted by atomic mass is 16.5. The highest BCUT2D eigenvalue weighted by molar-refractivity contribution is 5.87. The van der Waals surface area contributed by atoms with Gasteiger partial charge in [-0.3, -0.25) is 4.79 Å². The lowest BCUT2D eigenvalue weighted by molar-refractivity contribution is -0.129. The van der Waals surface area contributed by atoms with Gasteiger partial charge in [-0.15, -0.1) is 0 Å². The van der Waals surface area contributed by atoms with Gasteiger partial charge in [0.2, 0.25) is 0 Å². The fraction of sp³-hybridized carbons (Fsp3) is 0.650. The van der Waals surface area contributed by atoms with Gasteiger partial charge in [0.15, 0.2) is 0 Å². The maximum Gasteiger partial charge on any atom is 0.139 e. The molecule has 3 nitrogen and oxygen atoms in total. The van der Waals surface area contributed by atoms with E-state index in [0.717, 1.165) is 31.4 Å². The molecule has 0 spiro atoms. The molecule has 1 aromatic rings. The van der Waals surface area contributed by atoms with E-state index in [2.05, 4.69) is 25.1 Å². The van der Waals surface area contributed by atoms with Crippen LogP contribution >= 0.6 is 0 Å². The number of methoxy groups -OCH3 is 1. The largest absolute Gasteiger partial charge is 0.497 e. The number of Topliss-reactive ketones (excluding diaryl/α,β-unsaturated/α-hetero) is 1. The molecule has 3 aliphatic carbocycles. The number of rotatable bonds is 2. The van der Waals surface area contributed by atoms with E-state index >= 15 is 0 Å². The summed E-state index contributed by atoms with van der Waals surface area (Å²) in [6, 6.07) is 6.49. The number of ether oxygens (including phenoxy) is 1. The summed E-state index contributed by atoms with van der Waals surface area (Å²) in [6.07, 6.45) is 4.85. The standard InChI is InChI=1S/C20H26O3/c1-20-8-7-16-15-6-4-14(23-2)9-12(15)3-5-17(16)19(20)13(11-21)10-18(20)22/h4,6,9,13,16-17,19,21H,3,5,7-8,10-11H2,1-2H3/t13-,16-,17-,19+,20-/m1/s1. The number of aliphatic hydroxyl groups is 1. The molecule has 4 rings (SSSR count). The zero-order chi connectivity index (χ0) is 16.2. The molecule has 0 heterocycles. The molecule has 0 bridgehead atoms. The van der Waals surface area contributed by atoms with Crippen LogP contribution in [-0.4, -0.2) is 24.6 Å². The third kappa shape index (κ3) is 2.09. The van der Waals surface area contributed by atoms with Crippen molar-refractivity contribution in [3.05, 3.63) is 29.3 Å². The molecule has 0 unspecified atom stereocenters. The van der Waals surface area contributed by atoms with Gasteiger partial charge in [0, 0.05) is 18.4 Å². The quantitative estimate of drug-likeness (QED) is 0.910. The van der Waals surface area contributed by atoms with E-state index in [0.29, 0.717) is 30.0 Å². The molecule has 5 atom stereocenters. The van der Waals surface area contributed by atoms with E-state index in [1.165, 1.54) is 11.1 Å².